The van der Waals surface area contributed by atoms with Gasteiger partial charge in [-0.3, -0.25) is 0 Å². The molecule has 25 heavy (non-hydrogen) atoms. The van der Waals surface area contributed by atoms with Crippen molar-refractivity contribution < 1.29 is 5.11 Å². The van der Waals surface area contributed by atoms with Crippen molar-refractivity contribution in [3.05, 3.63) is 11.1 Å². The van der Waals surface area contributed by atoms with Crippen LogP contribution in [0.1, 0.15) is 130 Å². The molecular formula is C24H46O. The minimum Gasteiger partial charge on any atom is -0.396 e. The molecule has 1 heteroatoms. The maximum absolute atomic E-state index is 8.74. The highest BCUT2D eigenvalue weighted by atomic mass is 16.2. The summed E-state index contributed by atoms with van der Waals surface area (Å²) < 4.78 is 0. The minimum atomic E-state index is 0.370. The number of unbranched alkanes of at least 4 members (excludes halogenated alkanes) is 12. The van der Waals surface area contributed by atoms with Crippen LogP contribution >= 0.6 is 0 Å². The van der Waals surface area contributed by atoms with E-state index < -0.39 is 0 Å². The van der Waals surface area contributed by atoms with Crippen molar-refractivity contribution in [2.45, 2.75) is 130 Å². The molecule has 0 saturated heterocycles. The Labute approximate surface area is 158 Å². The van der Waals surface area contributed by atoms with E-state index in [9.17, 15) is 0 Å². The second-order valence-corrected chi connectivity index (χ2v) is 9.07. The quantitative estimate of drug-likeness (QED) is 0.234. The lowest BCUT2D eigenvalue weighted by Gasteiger charge is -2.34. The van der Waals surface area contributed by atoms with Crippen molar-refractivity contribution in [1.82, 2.24) is 0 Å². The monoisotopic (exact) mass is 350 g/mol. The summed E-state index contributed by atoms with van der Waals surface area (Å²) in [5, 5.41) is 8.74. The highest BCUT2D eigenvalue weighted by Crippen LogP contribution is 2.42. The fourth-order valence-corrected chi connectivity index (χ4v) is 4.58. The molecule has 0 radical (unpaired) electrons. The average Bonchev–Trinajstić information content (AvgIpc) is 2.57. The molecule has 1 aliphatic carbocycles. The van der Waals surface area contributed by atoms with Crippen LogP contribution in [0.3, 0.4) is 0 Å². The molecule has 148 valence electrons. The van der Waals surface area contributed by atoms with Crippen molar-refractivity contribution in [3.63, 3.8) is 0 Å². The van der Waals surface area contributed by atoms with Gasteiger partial charge in [0.15, 0.2) is 0 Å². The van der Waals surface area contributed by atoms with Crippen molar-refractivity contribution in [3.8, 4) is 0 Å². The number of aliphatic hydroxyl groups is 1. The Bertz CT molecular complexity index is 353. The van der Waals surface area contributed by atoms with E-state index in [1.807, 2.05) is 0 Å². The maximum atomic E-state index is 8.74. The van der Waals surface area contributed by atoms with Gasteiger partial charge >= 0.3 is 0 Å². The predicted molar refractivity (Wildman–Crippen MR) is 112 cm³/mol. The first-order valence-electron chi connectivity index (χ1n) is 11.4. The summed E-state index contributed by atoms with van der Waals surface area (Å²) in [6.45, 7) is 7.66. The highest BCUT2D eigenvalue weighted by Gasteiger charge is 2.27. The van der Waals surface area contributed by atoms with Gasteiger partial charge in [0, 0.05) is 6.61 Å². The second-order valence-electron chi connectivity index (χ2n) is 9.07. The van der Waals surface area contributed by atoms with Crippen LogP contribution in [0.15, 0.2) is 11.1 Å². The standard InChI is InChI=1S/C24H46O/c1-22-18-17-20-24(2,3)23(22)19-15-13-11-9-7-5-4-6-8-10-12-14-16-21-25/h25H,4-21H2,1-3H3. The third kappa shape index (κ3) is 10.4. The van der Waals surface area contributed by atoms with Gasteiger partial charge in [0.25, 0.3) is 0 Å². The van der Waals surface area contributed by atoms with E-state index in [0.29, 0.717) is 12.0 Å². The molecule has 0 aromatic heterocycles. The first-order valence-corrected chi connectivity index (χ1v) is 11.4. The lowest BCUT2D eigenvalue weighted by molar-refractivity contribution is 0.282. The Kier molecular flexibility index (Phi) is 12.6. The summed E-state index contributed by atoms with van der Waals surface area (Å²) in [6, 6.07) is 0. The second kappa shape index (κ2) is 13.8. The first-order chi connectivity index (χ1) is 12.1. The lowest BCUT2D eigenvalue weighted by Crippen LogP contribution is -2.20. The molecule has 0 aromatic carbocycles. The number of hydrogen-bond acceptors (Lipinski definition) is 1. The SMILES string of the molecule is CC1=C(CCCCCCCCCCCCCCCO)C(C)(C)CCC1. The van der Waals surface area contributed by atoms with Gasteiger partial charge in [0.2, 0.25) is 0 Å². The Morgan fingerprint density at radius 1 is 0.720 bits per heavy atom. The van der Waals surface area contributed by atoms with E-state index in [1.54, 1.807) is 11.1 Å². The van der Waals surface area contributed by atoms with Gasteiger partial charge in [-0.15, -0.1) is 0 Å². The van der Waals surface area contributed by atoms with E-state index in [-0.39, 0.29) is 0 Å². The van der Waals surface area contributed by atoms with Crippen molar-refractivity contribution in [2.24, 2.45) is 5.41 Å². The third-order valence-electron chi connectivity index (χ3n) is 6.27. The Morgan fingerprint density at radius 2 is 1.16 bits per heavy atom. The zero-order valence-electron chi connectivity index (χ0n) is 17.7. The Balaban J connectivity index is 1.89. The summed E-state index contributed by atoms with van der Waals surface area (Å²) in [5.74, 6) is 0. The zero-order chi connectivity index (χ0) is 18.4. The molecule has 0 spiro atoms. The van der Waals surface area contributed by atoms with Gasteiger partial charge in [0.1, 0.15) is 0 Å². The van der Waals surface area contributed by atoms with Crippen LogP contribution in [0, 0.1) is 5.41 Å². The van der Waals surface area contributed by atoms with Crippen molar-refractivity contribution in [1.29, 1.82) is 0 Å². The average molecular weight is 351 g/mol. The molecule has 0 atom stereocenters. The summed E-state index contributed by atoms with van der Waals surface area (Å²) >= 11 is 0. The van der Waals surface area contributed by atoms with Gasteiger partial charge < -0.3 is 5.11 Å². The van der Waals surface area contributed by atoms with Crippen molar-refractivity contribution >= 4 is 0 Å². The molecule has 0 bridgehead atoms. The van der Waals surface area contributed by atoms with E-state index >= 15 is 0 Å². The van der Waals surface area contributed by atoms with E-state index in [1.165, 1.54) is 103 Å². The number of rotatable bonds is 15. The Hall–Kier alpha value is -0.300. The van der Waals surface area contributed by atoms with Gasteiger partial charge in [0.05, 0.1) is 0 Å². The van der Waals surface area contributed by atoms with Crippen LogP contribution in [0.5, 0.6) is 0 Å². The molecule has 0 amide bonds. The predicted octanol–water partition coefficient (Wildman–Crippen LogP) is 7.97. The molecule has 0 aromatic rings. The minimum absolute atomic E-state index is 0.370. The zero-order valence-corrected chi connectivity index (χ0v) is 17.7. The normalized spacial score (nSPS) is 17.3. The molecule has 1 aliphatic rings. The Morgan fingerprint density at radius 3 is 1.60 bits per heavy atom. The van der Waals surface area contributed by atoms with Gasteiger partial charge in [-0.05, 0) is 50.9 Å². The first kappa shape index (κ1) is 22.7. The van der Waals surface area contributed by atoms with Crippen LogP contribution in [0.4, 0.5) is 0 Å². The van der Waals surface area contributed by atoms with Crippen LogP contribution in [-0.2, 0) is 0 Å². The fourth-order valence-electron chi connectivity index (χ4n) is 4.58. The van der Waals surface area contributed by atoms with E-state index in [2.05, 4.69) is 20.8 Å². The number of allylic oxidation sites excluding steroid dienone is 2. The van der Waals surface area contributed by atoms with Crippen LogP contribution in [-0.4, -0.2) is 11.7 Å². The topological polar surface area (TPSA) is 20.2 Å². The smallest absolute Gasteiger partial charge is 0.0431 e. The molecule has 0 unspecified atom stereocenters. The summed E-state index contributed by atoms with van der Waals surface area (Å²) in [5.41, 5.74) is 3.96. The van der Waals surface area contributed by atoms with E-state index in [0.717, 1.165) is 6.42 Å². The molecule has 1 N–H and O–H groups in total. The summed E-state index contributed by atoms with van der Waals surface area (Å²) in [7, 11) is 0. The van der Waals surface area contributed by atoms with Crippen LogP contribution in [0.2, 0.25) is 0 Å². The number of hydrogen-bond donors (Lipinski definition) is 1. The maximum Gasteiger partial charge on any atom is 0.0431 e. The van der Waals surface area contributed by atoms with Gasteiger partial charge in [-0.25, -0.2) is 0 Å². The van der Waals surface area contributed by atoms with Crippen molar-refractivity contribution in [2.75, 3.05) is 6.61 Å². The molecule has 0 heterocycles. The lowest BCUT2D eigenvalue weighted by atomic mass is 9.71. The third-order valence-corrected chi connectivity index (χ3v) is 6.27. The molecule has 0 saturated carbocycles. The summed E-state index contributed by atoms with van der Waals surface area (Å²) in [6.07, 6.45) is 23.2. The van der Waals surface area contributed by atoms with Crippen LogP contribution in [0.25, 0.3) is 0 Å². The van der Waals surface area contributed by atoms with Gasteiger partial charge in [-0.1, -0.05) is 95.6 Å². The fraction of sp³-hybridized carbons (Fsp3) is 0.917. The van der Waals surface area contributed by atoms with Crippen LogP contribution < -0.4 is 0 Å². The molecular weight excluding hydrogens is 304 g/mol. The largest absolute Gasteiger partial charge is 0.396 e. The highest BCUT2D eigenvalue weighted by molar-refractivity contribution is 5.22. The number of aliphatic hydroxyl groups excluding tert-OH is 1. The molecule has 1 rings (SSSR count). The molecule has 0 fully saturated rings. The summed E-state index contributed by atoms with van der Waals surface area (Å²) in [4.78, 5) is 0. The molecule has 0 aliphatic heterocycles. The van der Waals surface area contributed by atoms with Gasteiger partial charge in [-0.2, -0.15) is 0 Å². The molecule has 1 nitrogen and oxygen atoms in total. The van der Waals surface area contributed by atoms with E-state index in [4.69, 9.17) is 5.11 Å².